The Morgan fingerprint density at radius 1 is 0.852 bits per heavy atom. The van der Waals surface area contributed by atoms with E-state index in [1.54, 1.807) is 0 Å². The quantitative estimate of drug-likeness (QED) is 0.249. The van der Waals surface area contributed by atoms with Crippen LogP contribution in [0.2, 0.25) is 0 Å². The molecule has 7 heteroatoms. The SMILES string of the molecule is CC(CC(C)(C)C)c1ccc(CNSc2c(F)c(F)c(F)c(F)c2F)cc1. The number of nitrogens with one attached hydrogen (secondary N) is 1. The molecule has 0 spiro atoms. The number of hydrogen-bond donors (Lipinski definition) is 1. The van der Waals surface area contributed by atoms with Crippen molar-refractivity contribution in [3.8, 4) is 0 Å². The molecule has 1 nitrogen and oxygen atoms in total. The van der Waals surface area contributed by atoms with Crippen molar-refractivity contribution in [1.82, 2.24) is 4.72 Å². The van der Waals surface area contributed by atoms with Gasteiger partial charge in [0.25, 0.3) is 0 Å². The van der Waals surface area contributed by atoms with Crippen molar-refractivity contribution < 1.29 is 22.0 Å². The fraction of sp³-hybridized carbons (Fsp3) is 0.400. The predicted octanol–water partition coefficient (Wildman–Crippen LogP) is 6.72. The average molecular weight is 403 g/mol. The number of hydrogen-bond acceptors (Lipinski definition) is 2. The molecule has 27 heavy (non-hydrogen) atoms. The summed E-state index contributed by atoms with van der Waals surface area (Å²) in [5, 5.41) is 0. The van der Waals surface area contributed by atoms with Crippen molar-refractivity contribution in [3.63, 3.8) is 0 Å². The topological polar surface area (TPSA) is 12.0 Å². The van der Waals surface area contributed by atoms with Crippen molar-refractivity contribution >= 4 is 11.9 Å². The van der Waals surface area contributed by atoms with Gasteiger partial charge in [-0.15, -0.1) is 0 Å². The van der Waals surface area contributed by atoms with E-state index < -0.39 is 34.0 Å². The molecule has 0 saturated heterocycles. The first-order chi connectivity index (χ1) is 12.5. The number of rotatable bonds is 6. The molecule has 1 unspecified atom stereocenters. The van der Waals surface area contributed by atoms with Crippen molar-refractivity contribution in [2.24, 2.45) is 5.41 Å². The summed E-state index contributed by atoms with van der Waals surface area (Å²) in [4.78, 5) is -0.943. The molecular weight excluding hydrogens is 381 g/mol. The molecule has 2 aromatic carbocycles. The molecule has 0 fully saturated rings. The van der Waals surface area contributed by atoms with Crippen LogP contribution in [0.4, 0.5) is 22.0 Å². The Labute approximate surface area is 160 Å². The standard InChI is InChI=1S/C20H22F5NS/c1-11(9-20(2,3)4)13-7-5-12(6-8-13)10-26-27-19-17(24)15(22)14(21)16(23)18(19)25/h5-8,11,26H,9-10H2,1-4H3. The van der Waals surface area contributed by atoms with E-state index in [0.717, 1.165) is 12.0 Å². The van der Waals surface area contributed by atoms with Crippen LogP contribution in [0.1, 0.15) is 51.2 Å². The molecule has 0 aromatic heterocycles. The summed E-state index contributed by atoms with van der Waals surface area (Å²) in [5.74, 6) is -9.35. The van der Waals surface area contributed by atoms with Gasteiger partial charge in [-0.2, -0.15) is 0 Å². The van der Waals surface area contributed by atoms with Gasteiger partial charge in [0, 0.05) is 6.54 Å². The minimum atomic E-state index is -2.16. The van der Waals surface area contributed by atoms with Gasteiger partial charge in [0.15, 0.2) is 23.3 Å². The summed E-state index contributed by atoms with van der Waals surface area (Å²) < 4.78 is 69.3. The van der Waals surface area contributed by atoms with Gasteiger partial charge in [-0.25, -0.2) is 22.0 Å². The van der Waals surface area contributed by atoms with Gasteiger partial charge in [-0.05, 0) is 40.8 Å². The van der Waals surface area contributed by atoms with Crippen LogP contribution in [0.3, 0.4) is 0 Å². The minimum absolute atomic E-state index is 0.206. The highest BCUT2D eigenvalue weighted by Gasteiger charge is 2.26. The van der Waals surface area contributed by atoms with Gasteiger partial charge in [0.2, 0.25) is 5.82 Å². The molecule has 0 aliphatic heterocycles. The van der Waals surface area contributed by atoms with Crippen molar-refractivity contribution in [2.75, 3.05) is 0 Å². The monoisotopic (exact) mass is 403 g/mol. The molecule has 0 saturated carbocycles. The van der Waals surface area contributed by atoms with Crippen LogP contribution in [0.5, 0.6) is 0 Å². The smallest absolute Gasteiger partial charge is 0.200 e. The molecular formula is C20H22F5NS. The highest BCUT2D eigenvalue weighted by Crippen LogP contribution is 2.31. The largest absolute Gasteiger partial charge is 0.255 e. The molecule has 0 radical (unpaired) electrons. The molecule has 0 aliphatic rings. The summed E-state index contributed by atoms with van der Waals surface area (Å²) >= 11 is 0.377. The maximum Gasteiger partial charge on any atom is 0.200 e. The Bertz CT molecular complexity index is 770. The third-order valence-corrected chi connectivity index (χ3v) is 4.94. The van der Waals surface area contributed by atoms with Gasteiger partial charge < -0.3 is 0 Å². The third kappa shape index (κ3) is 5.45. The fourth-order valence-electron chi connectivity index (χ4n) is 2.87. The van der Waals surface area contributed by atoms with Crippen LogP contribution in [-0.2, 0) is 6.54 Å². The zero-order valence-corrected chi connectivity index (χ0v) is 16.4. The van der Waals surface area contributed by atoms with Crippen molar-refractivity contribution in [3.05, 3.63) is 64.5 Å². The number of halogens is 5. The lowest BCUT2D eigenvalue weighted by Crippen LogP contribution is -2.10. The molecule has 1 atom stereocenters. The maximum atomic E-state index is 13.6. The Morgan fingerprint density at radius 2 is 1.33 bits per heavy atom. The molecule has 2 aromatic rings. The summed E-state index contributed by atoms with van der Waals surface area (Å²) in [6.07, 6.45) is 1.03. The zero-order valence-electron chi connectivity index (χ0n) is 15.6. The molecule has 148 valence electrons. The Balaban J connectivity index is 2.01. The van der Waals surface area contributed by atoms with E-state index in [4.69, 9.17) is 0 Å². The lowest BCUT2D eigenvalue weighted by molar-refractivity contribution is 0.349. The fourth-order valence-corrected chi connectivity index (χ4v) is 3.61. The average Bonchev–Trinajstić information content (AvgIpc) is 2.60. The predicted molar refractivity (Wildman–Crippen MR) is 97.9 cm³/mol. The summed E-state index contributed by atoms with van der Waals surface area (Å²) in [6.45, 7) is 8.89. The van der Waals surface area contributed by atoms with Crippen LogP contribution in [0.25, 0.3) is 0 Å². The second-order valence-electron chi connectivity index (χ2n) is 7.73. The van der Waals surface area contributed by atoms with E-state index in [0.29, 0.717) is 17.9 Å². The van der Waals surface area contributed by atoms with Gasteiger partial charge in [0.05, 0.1) is 0 Å². The van der Waals surface area contributed by atoms with Gasteiger partial charge >= 0.3 is 0 Å². The lowest BCUT2D eigenvalue weighted by atomic mass is 9.82. The zero-order chi connectivity index (χ0) is 20.4. The van der Waals surface area contributed by atoms with E-state index in [-0.39, 0.29) is 12.0 Å². The van der Waals surface area contributed by atoms with Crippen LogP contribution in [-0.4, -0.2) is 0 Å². The van der Waals surface area contributed by atoms with Crippen molar-refractivity contribution in [2.45, 2.75) is 51.5 Å². The highest BCUT2D eigenvalue weighted by atomic mass is 32.2. The first kappa shape index (κ1) is 21.7. The second-order valence-corrected chi connectivity index (χ2v) is 8.63. The number of benzene rings is 2. The van der Waals surface area contributed by atoms with E-state index in [2.05, 4.69) is 32.4 Å². The Kier molecular flexibility index (Phi) is 6.92. The van der Waals surface area contributed by atoms with Crippen LogP contribution >= 0.6 is 11.9 Å². The minimum Gasteiger partial charge on any atom is -0.255 e. The normalized spacial score (nSPS) is 13.1. The Morgan fingerprint density at radius 3 is 1.81 bits per heavy atom. The maximum absolute atomic E-state index is 13.6. The van der Waals surface area contributed by atoms with Gasteiger partial charge in [0.1, 0.15) is 4.90 Å². The van der Waals surface area contributed by atoms with E-state index in [1.807, 2.05) is 24.3 Å². The molecule has 0 aliphatic carbocycles. The van der Waals surface area contributed by atoms with Crippen LogP contribution in [0, 0.1) is 34.5 Å². The second kappa shape index (κ2) is 8.61. The van der Waals surface area contributed by atoms with Crippen LogP contribution in [0.15, 0.2) is 29.2 Å². The van der Waals surface area contributed by atoms with Crippen LogP contribution < -0.4 is 4.72 Å². The van der Waals surface area contributed by atoms with Crippen molar-refractivity contribution in [1.29, 1.82) is 0 Å². The summed E-state index contributed by atoms with van der Waals surface area (Å²) in [5.41, 5.74) is 2.23. The third-order valence-electron chi connectivity index (χ3n) is 4.09. The lowest BCUT2D eigenvalue weighted by Gasteiger charge is -2.23. The molecule has 0 heterocycles. The molecule has 2 rings (SSSR count). The highest BCUT2D eigenvalue weighted by molar-refractivity contribution is 7.97. The summed E-state index contributed by atoms with van der Waals surface area (Å²) in [6, 6.07) is 7.72. The molecule has 1 N–H and O–H groups in total. The molecule has 0 amide bonds. The van der Waals surface area contributed by atoms with E-state index in [9.17, 15) is 22.0 Å². The molecule has 0 bridgehead atoms. The van der Waals surface area contributed by atoms with Gasteiger partial charge in [-0.1, -0.05) is 52.0 Å². The summed E-state index contributed by atoms with van der Waals surface area (Å²) in [7, 11) is 0. The Hall–Kier alpha value is -1.60. The first-order valence-corrected chi connectivity index (χ1v) is 9.33. The first-order valence-electron chi connectivity index (χ1n) is 8.51. The van der Waals surface area contributed by atoms with E-state index in [1.165, 1.54) is 5.56 Å². The van der Waals surface area contributed by atoms with E-state index >= 15 is 0 Å². The van der Waals surface area contributed by atoms with Gasteiger partial charge in [-0.3, -0.25) is 4.72 Å².